The second-order valence-electron chi connectivity index (χ2n) is 2.88. The first-order valence-electron chi connectivity index (χ1n) is 4.05. The summed E-state index contributed by atoms with van der Waals surface area (Å²) >= 11 is 0. The summed E-state index contributed by atoms with van der Waals surface area (Å²) in [5, 5.41) is 1.09. The molecule has 1 radical (unpaired) electrons. The Bertz CT molecular complexity index is 568. The lowest BCUT2D eigenvalue weighted by Gasteiger charge is -1.95. The van der Waals surface area contributed by atoms with Crippen molar-refractivity contribution in [3.05, 3.63) is 36.8 Å². The van der Waals surface area contributed by atoms with Crippen molar-refractivity contribution in [2.75, 3.05) is 0 Å². The Labute approximate surface area is 74.4 Å². The predicted octanol–water partition coefficient (Wildman–Crippen LogP) is 1.91. The molecule has 0 saturated carbocycles. The molecule has 0 unspecified atom stereocenters. The van der Waals surface area contributed by atoms with Gasteiger partial charge in [-0.25, -0.2) is 4.98 Å². The largest absolute Gasteiger partial charge is 0.335 e. The summed E-state index contributed by atoms with van der Waals surface area (Å²) < 4.78 is 0. The van der Waals surface area contributed by atoms with Crippen LogP contribution in [0.3, 0.4) is 0 Å². The SMILES string of the molecule is [c]1nc2ccc3ncccc3c2[nH]1. The van der Waals surface area contributed by atoms with Gasteiger partial charge in [0.2, 0.25) is 0 Å². The molecule has 3 aromatic rings. The Hall–Kier alpha value is -1.90. The fourth-order valence-corrected chi connectivity index (χ4v) is 1.51. The van der Waals surface area contributed by atoms with Gasteiger partial charge in [-0.15, -0.1) is 0 Å². The number of nitrogens with zero attached hydrogens (tertiary/aromatic N) is 2. The zero-order valence-electron chi connectivity index (χ0n) is 6.78. The first kappa shape index (κ1) is 6.60. The molecule has 0 amide bonds. The molecule has 0 saturated heterocycles. The number of hydrogen-bond acceptors (Lipinski definition) is 2. The van der Waals surface area contributed by atoms with Crippen LogP contribution in [0.1, 0.15) is 0 Å². The van der Waals surface area contributed by atoms with Crippen LogP contribution in [0.2, 0.25) is 0 Å². The minimum atomic E-state index is 0.931. The molecule has 1 N–H and O–H groups in total. The first-order valence-corrected chi connectivity index (χ1v) is 4.05. The lowest BCUT2D eigenvalue weighted by atomic mass is 10.2. The summed E-state index contributed by atoms with van der Waals surface area (Å²) in [5.74, 6) is 0. The molecule has 2 heterocycles. The molecule has 0 spiro atoms. The van der Waals surface area contributed by atoms with Crippen molar-refractivity contribution in [1.29, 1.82) is 0 Å². The van der Waals surface area contributed by atoms with Gasteiger partial charge < -0.3 is 4.98 Å². The minimum absolute atomic E-state index is 0.931. The van der Waals surface area contributed by atoms with Crippen molar-refractivity contribution in [2.24, 2.45) is 0 Å². The molecule has 0 aliphatic rings. The second kappa shape index (κ2) is 2.29. The summed E-state index contributed by atoms with van der Waals surface area (Å²) in [6.07, 6.45) is 4.51. The fraction of sp³-hybridized carbons (Fsp3) is 0. The van der Waals surface area contributed by atoms with Crippen LogP contribution < -0.4 is 0 Å². The van der Waals surface area contributed by atoms with E-state index < -0.39 is 0 Å². The molecule has 61 valence electrons. The van der Waals surface area contributed by atoms with Crippen LogP contribution in [0.4, 0.5) is 0 Å². The molecule has 0 fully saturated rings. The number of fused-ring (bicyclic) bond motifs is 3. The Morgan fingerprint density at radius 2 is 2.08 bits per heavy atom. The van der Waals surface area contributed by atoms with Crippen LogP contribution in [-0.2, 0) is 0 Å². The third-order valence-corrected chi connectivity index (χ3v) is 2.12. The third-order valence-electron chi connectivity index (χ3n) is 2.12. The highest BCUT2D eigenvalue weighted by Gasteiger charge is 2.01. The van der Waals surface area contributed by atoms with E-state index in [1.165, 1.54) is 0 Å². The highest BCUT2D eigenvalue weighted by atomic mass is 14.9. The first-order chi connectivity index (χ1) is 6.45. The van der Waals surface area contributed by atoms with Gasteiger partial charge >= 0.3 is 0 Å². The maximum Gasteiger partial charge on any atom is 0.174 e. The van der Waals surface area contributed by atoms with E-state index in [4.69, 9.17) is 0 Å². The van der Waals surface area contributed by atoms with Gasteiger partial charge in [0.1, 0.15) is 0 Å². The quantitative estimate of drug-likeness (QED) is 0.557. The fourth-order valence-electron chi connectivity index (χ4n) is 1.51. The molecule has 3 rings (SSSR count). The highest BCUT2D eigenvalue weighted by Crippen LogP contribution is 2.19. The van der Waals surface area contributed by atoms with Gasteiger partial charge in [-0.3, -0.25) is 4.98 Å². The lowest BCUT2D eigenvalue weighted by Crippen LogP contribution is -1.78. The van der Waals surface area contributed by atoms with Crippen molar-refractivity contribution in [3.63, 3.8) is 0 Å². The van der Waals surface area contributed by atoms with E-state index >= 15 is 0 Å². The van der Waals surface area contributed by atoms with Gasteiger partial charge in [-0.1, -0.05) is 0 Å². The number of pyridine rings is 1. The van der Waals surface area contributed by atoms with E-state index in [0.29, 0.717) is 0 Å². The molecule has 13 heavy (non-hydrogen) atoms. The van der Waals surface area contributed by atoms with Crippen LogP contribution >= 0.6 is 0 Å². The summed E-state index contributed by atoms with van der Waals surface area (Å²) in [5.41, 5.74) is 2.92. The number of hydrogen-bond donors (Lipinski definition) is 1. The maximum atomic E-state index is 4.25. The van der Waals surface area contributed by atoms with E-state index in [1.807, 2.05) is 24.3 Å². The number of rotatable bonds is 0. The molecular weight excluding hydrogens is 162 g/mol. The number of aromatic amines is 1. The summed E-state index contributed by atoms with van der Waals surface area (Å²) in [6, 6.07) is 7.85. The minimum Gasteiger partial charge on any atom is -0.335 e. The van der Waals surface area contributed by atoms with Crippen LogP contribution in [0.25, 0.3) is 21.9 Å². The Morgan fingerprint density at radius 3 is 3.08 bits per heavy atom. The molecule has 0 aliphatic heterocycles. The van der Waals surface area contributed by atoms with Gasteiger partial charge in [0.25, 0.3) is 0 Å². The monoisotopic (exact) mass is 168 g/mol. The molecule has 2 aromatic heterocycles. The normalized spacial score (nSPS) is 11.1. The molecule has 1 aromatic carbocycles. The van der Waals surface area contributed by atoms with Crippen LogP contribution in [0.15, 0.2) is 30.5 Å². The highest BCUT2D eigenvalue weighted by molar-refractivity contribution is 6.02. The average Bonchev–Trinajstić information content (AvgIpc) is 2.65. The molecule has 0 aliphatic carbocycles. The maximum absolute atomic E-state index is 4.25. The van der Waals surface area contributed by atoms with Crippen molar-refractivity contribution in [1.82, 2.24) is 15.0 Å². The Morgan fingerprint density at radius 1 is 1.15 bits per heavy atom. The van der Waals surface area contributed by atoms with E-state index in [2.05, 4.69) is 21.3 Å². The van der Waals surface area contributed by atoms with Gasteiger partial charge in [0, 0.05) is 11.6 Å². The predicted molar refractivity (Wildman–Crippen MR) is 50.2 cm³/mol. The second-order valence-corrected chi connectivity index (χ2v) is 2.88. The third kappa shape index (κ3) is 0.839. The van der Waals surface area contributed by atoms with Gasteiger partial charge in [-0.2, -0.15) is 0 Å². The standard InChI is InChI=1S/C10H6N3/c1-2-7-8(11-5-1)3-4-9-10(7)13-6-12-9/h1-5H,(H,12,13). The van der Waals surface area contributed by atoms with Crippen LogP contribution in [0, 0.1) is 6.33 Å². The number of H-pyrrole nitrogens is 1. The topological polar surface area (TPSA) is 41.6 Å². The Balaban J connectivity index is 2.65. The molecule has 0 bridgehead atoms. The lowest BCUT2D eigenvalue weighted by molar-refractivity contribution is 1.32. The van der Waals surface area contributed by atoms with Gasteiger partial charge in [0.05, 0.1) is 16.6 Å². The number of imidazole rings is 1. The molecule has 3 heteroatoms. The van der Waals surface area contributed by atoms with Crippen molar-refractivity contribution < 1.29 is 0 Å². The van der Waals surface area contributed by atoms with Gasteiger partial charge in [-0.05, 0) is 24.3 Å². The van der Waals surface area contributed by atoms with Crippen molar-refractivity contribution >= 4 is 21.9 Å². The molecular formula is C10H6N3. The summed E-state index contributed by atoms with van der Waals surface area (Å²) in [7, 11) is 0. The van der Waals surface area contributed by atoms with E-state index in [-0.39, 0.29) is 0 Å². The smallest absolute Gasteiger partial charge is 0.174 e. The van der Waals surface area contributed by atoms with E-state index in [0.717, 1.165) is 21.9 Å². The van der Waals surface area contributed by atoms with Gasteiger partial charge in [0.15, 0.2) is 6.33 Å². The Kier molecular flexibility index (Phi) is 1.16. The van der Waals surface area contributed by atoms with Crippen LogP contribution in [0.5, 0.6) is 0 Å². The zero-order valence-corrected chi connectivity index (χ0v) is 6.78. The van der Waals surface area contributed by atoms with Crippen LogP contribution in [-0.4, -0.2) is 15.0 Å². The number of benzene rings is 1. The molecule has 3 nitrogen and oxygen atoms in total. The van der Waals surface area contributed by atoms with Crippen molar-refractivity contribution in [3.8, 4) is 0 Å². The molecule has 0 atom stereocenters. The van der Waals surface area contributed by atoms with Crippen molar-refractivity contribution in [2.45, 2.75) is 0 Å². The van der Waals surface area contributed by atoms with E-state index in [9.17, 15) is 0 Å². The van der Waals surface area contributed by atoms with E-state index in [1.54, 1.807) is 6.20 Å². The summed E-state index contributed by atoms with van der Waals surface area (Å²) in [4.78, 5) is 11.3. The average molecular weight is 168 g/mol. The summed E-state index contributed by atoms with van der Waals surface area (Å²) in [6.45, 7) is 0. The number of aromatic nitrogens is 3. The zero-order chi connectivity index (χ0) is 8.67. The number of nitrogens with one attached hydrogen (secondary N) is 1.